The molecule has 1 aromatic rings. The van der Waals surface area contributed by atoms with Crippen LogP contribution in [0.25, 0.3) is 0 Å². The van der Waals surface area contributed by atoms with E-state index in [2.05, 4.69) is 47.4 Å². The summed E-state index contributed by atoms with van der Waals surface area (Å²) in [6, 6.07) is 4.98. The van der Waals surface area contributed by atoms with Crippen molar-refractivity contribution in [2.75, 3.05) is 18.0 Å². The number of aromatic nitrogens is 1. The number of hydrogen-bond acceptors (Lipinski definition) is 3. The van der Waals surface area contributed by atoms with E-state index in [0.717, 1.165) is 18.8 Å². The van der Waals surface area contributed by atoms with E-state index in [1.54, 1.807) is 0 Å². The molecule has 1 unspecified atom stereocenters. The Labute approximate surface area is 122 Å². The molecule has 1 saturated carbocycles. The smallest absolute Gasteiger partial charge is 0.0556 e. The Hall–Kier alpha value is -1.09. The van der Waals surface area contributed by atoms with Crippen molar-refractivity contribution in [3.8, 4) is 0 Å². The summed E-state index contributed by atoms with van der Waals surface area (Å²) in [7, 11) is 0. The fraction of sp³-hybridized carbons (Fsp3) is 0.706. The molecule has 20 heavy (non-hydrogen) atoms. The third kappa shape index (κ3) is 2.69. The van der Waals surface area contributed by atoms with Crippen molar-refractivity contribution in [1.29, 1.82) is 0 Å². The molecule has 0 amide bonds. The monoisotopic (exact) mass is 273 g/mol. The first-order valence-electron chi connectivity index (χ1n) is 8.17. The van der Waals surface area contributed by atoms with E-state index in [1.165, 1.54) is 44.2 Å². The van der Waals surface area contributed by atoms with Gasteiger partial charge in [0, 0.05) is 30.4 Å². The van der Waals surface area contributed by atoms with Crippen molar-refractivity contribution in [1.82, 2.24) is 10.3 Å². The number of nitrogens with zero attached hydrogens (tertiary/aromatic N) is 2. The molecule has 1 aliphatic carbocycles. The fourth-order valence-corrected chi connectivity index (χ4v) is 3.82. The lowest BCUT2D eigenvalue weighted by Crippen LogP contribution is -2.65. The standard InChI is InChI=1S/C17H27N3/c1-3-15-12-19-17(9-5-4-6-10-17)13-20(15)16-8-7-14(2)18-11-16/h7-8,11,15,19H,3-6,9-10,12-13H2,1-2H3. The summed E-state index contributed by atoms with van der Waals surface area (Å²) in [4.78, 5) is 7.10. The van der Waals surface area contributed by atoms with Crippen LogP contribution >= 0.6 is 0 Å². The number of rotatable bonds is 2. The predicted molar refractivity (Wildman–Crippen MR) is 84.2 cm³/mol. The highest BCUT2D eigenvalue weighted by Gasteiger charge is 2.39. The maximum atomic E-state index is 4.49. The van der Waals surface area contributed by atoms with Crippen molar-refractivity contribution in [3.05, 3.63) is 24.0 Å². The average Bonchev–Trinajstić information content (AvgIpc) is 2.49. The van der Waals surface area contributed by atoms with Gasteiger partial charge in [0.1, 0.15) is 0 Å². The SMILES string of the molecule is CCC1CNC2(CCCCC2)CN1c1ccc(C)nc1. The third-order valence-electron chi connectivity index (χ3n) is 5.14. The lowest BCUT2D eigenvalue weighted by atomic mass is 9.79. The van der Waals surface area contributed by atoms with Crippen LogP contribution < -0.4 is 10.2 Å². The summed E-state index contributed by atoms with van der Waals surface area (Å²) >= 11 is 0. The van der Waals surface area contributed by atoms with Gasteiger partial charge in [0.2, 0.25) is 0 Å². The molecule has 3 nitrogen and oxygen atoms in total. The second-order valence-corrected chi connectivity index (χ2v) is 6.57. The Kier molecular flexibility index (Phi) is 3.97. The molecule has 1 N–H and O–H groups in total. The molecule has 0 aromatic carbocycles. The van der Waals surface area contributed by atoms with Crippen LogP contribution in [-0.2, 0) is 0 Å². The van der Waals surface area contributed by atoms with E-state index in [1.807, 2.05) is 0 Å². The van der Waals surface area contributed by atoms with Crippen LogP contribution in [0.5, 0.6) is 0 Å². The van der Waals surface area contributed by atoms with Gasteiger partial charge in [0.15, 0.2) is 0 Å². The van der Waals surface area contributed by atoms with Gasteiger partial charge in [0.05, 0.1) is 11.9 Å². The first-order chi connectivity index (χ1) is 9.72. The first-order valence-corrected chi connectivity index (χ1v) is 8.17. The molecule has 2 aliphatic rings. The largest absolute Gasteiger partial charge is 0.364 e. The Morgan fingerprint density at radius 2 is 2.10 bits per heavy atom. The molecule has 3 rings (SSSR count). The van der Waals surface area contributed by atoms with Crippen LogP contribution in [0.3, 0.4) is 0 Å². The maximum absolute atomic E-state index is 4.49. The normalized spacial score (nSPS) is 25.9. The van der Waals surface area contributed by atoms with E-state index in [-0.39, 0.29) is 0 Å². The van der Waals surface area contributed by atoms with Crippen molar-refractivity contribution in [2.45, 2.75) is 64.0 Å². The molecular formula is C17H27N3. The fourth-order valence-electron chi connectivity index (χ4n) is 3.82. The van der Waals surface area contributed by atoms with Gasteiger partial charge < -0.3 is 10.2 Å². The zero-order valence-electron chi connectivity index (χ0n) is 12.9. The highest BCUT2D eigenvalue weighted by molar-refractivity contribution is 5.47. The predicted octanol–water partition coefficient (Wildman–Crippen LogP) is 3.28. The van der Waals surface area contributed by atoms with E-state index in [4.69, 9.17) is 0 Å². The van der Waals surface area contributed by atoms with Gasteiger partial charge >= 0.3 is 0 Å². The van der Waals surface area contributed by atoms with E-state index in [9.17, 15) is 0 Å². The molecule has 1 spiro atoms. The molecule has 3 heteroatoms. The Bertz CT molecular complexity index is 434. The van der Waals surface area contributed by atoms with Gasteiger partial charge in [-0.15, -0.1) is 0 Å². The molecule has 2 heterocycles. The summed E-state index contributed by atoms with van der Waals surface area (Å²) in [6.45, 7) is 6.61. The van der Waals surface area contributed by atoms with Crippen LogP contribution in [0, 0.1) is 6.92 Å². The molecule has 1 atom stereocenters. The average molecular weight is 273 g/mol. The summed E-state index contributed by atoms with van der Waals surface area (Å²) in [5.74, 6) is 0. The molecular weight excluding hydrogens is 246 g/mol. The molecule has 1 saturated heterocycles. The third-order valence-corrected chi connectivity index (χ3v) is 5.14. The van der Waals surface area contributed by atoms with Crippen molar-refractivity contribution in [2.24, 2.45) is 0 Å². The number of nitrogens with one attached hydrogen (secondary N) is 1. The molecule has 0 radical (unpaired) electrons. The van der Waals surface area contributed by atoms with Crippen molar-refractivity contribution in [3.63, 3.8) is 0 Å². The molecule has 110 valence electrons. The lowest BCUT2D eigenvalue weighted by Gasteiger charge is -2.50. The van der Waals surface area contributed by atoms with Crippen LogP contribution in [0.1, 0.15) is 51.1 Å². The summed E-state index contributed by atoms with van der Waals surface area (Å²) in [6.07, 6.45) is 10.1. The zero-order chi connectivity index (χ0) is 14.0. The minimum atomic E-state index is 0.356. The minimum absolute atomic E-state index is 0.356. The van der Waals surface area contributed by atoms with Crippen LogP contribution in [-0.4, -0.2) is 29.7 Å². The van der Waals surface area contributed by atoms with E-state index < -0.39 is 0 Å². The Balaban J connectivity index is 1.82. The molecule has 1 aromatic heterocycles. The van der Waals surface area contributed by atoms with E-state index in [0.29, 0.717) is 11.6 Å². The summed E-state index contributed by atoms with van der Waals surface area (Å²) < 4.78 is 0. The van der Waals surface area contributed by atoms with Gasteiger partial charge in [-0.2, -0.15) is 0 Å². The summed E-state index contributed by atoms with van der Waals surface area (Å²) in [5.41, 5.74) is 2.76. The number of anilines is 1. The maximum Gasteiger partial charge on any atom is 0.0556 e. The van der Waals surface area contributed by atoms with Gasteiger partial charge in [-0.3, -0.25) is 4.98 Å². The number of piperazine rings is 1. The van der Waals surface area contributed by atoms with E-state index >= 15 is 0 Å². The number of pyridine rings is 1. The summed E-state index contributed by atoms with van der Waals surface area (Å²) in [5, 5.41) is 3.88. The topological polar surface area (TPSA) is 28.2 Å². The van der Waals surface area contributed by atoms with Crippen molar-refractivity contribution < 1.29 is 0 Å². The van der Waals surface area contributed by atoms with Crippen LogP contribution in [0.4, 0.5) is 5.69 Å². The van der Waals surface area contributed by atoms with Crippen LogP contribution in [0.2, 0.25) is 0 Å². The quantitative estimate of drug-likeness (QED) is 0.896. The first kappa shape index (κ1) is 13.9. The second kappa shape index (κ2) is 5.72. The Morgan fingerprint density at radius 1 is 1.30 bits per heavy atom. The molecule has 1 aliphatic heterocycles. The lowest BCUT2D eigenvalue weighted by molar-refractivity contribution is 0.196. The second-order valence-electron chi connectivity index (χ2n) is 6.57. The number of aryl methyl sites for hydroxylation is 1. The minimum Gasteiger partial charge on any atom is -0.364 e. The highest BCUT2D eigenvalue weighted by atomic mass is 15.3. The number of hydrogen-bond donors (Lipinski definition) is 1. The van der Waals surface area contributed by atoms with Crippen molar-refractivity contribution >= 4 is 5.69 Å². The molecule has 0 bridgehead atoms. The Morgan fingerprint density at radius 3 is 2.75 bits per heavy atom. The highest BCUT2D eigenvalue weighted by Crippen LogP contribution is 2.34. The zero-order valence-corrected chi connectivity index (χ0v) is 12.9. The van der Waals surface area contributed by atoms with Gasteiger partial charge in [0.25, 0.3) is 0 Å². The van der Waals surface area contributed by atoms with Crippen LogP contribution in [0.15, 0.2) is 18.3 Å². The van der Waals surface area contributed by atoms with Gasteiger partial charge in [-0.1, -0.05) is 26.2 Å². The molecule has 2 fully saturated rings. The van der Waals surface area contributed by atoms with Gasteiger partial charge in [-0.25, -0.2) is 0 Å². The van der Waals surface area contributed by atoms with Gasteiger partial charge in [-0.05, 0) is 38.3 Å².